The summed E-state index contributed by atoms with van der Waals surface area (Å²) in [4.78, 5) is 10.2. The van der Waals surface area contributed by atoms with Crippen LogP contribution < -0.4 is 19.6 Å². The zero-order chi connectivity index (χ0) is 52.0. The summed E-state index contributed by atoms with van der Waals surface area (Å²) in [6, 6.07) is 67.4. The molecular formula is C74H66N4. The summed E-state index contributed by atoms with van der Waals surface area (Å²) in [5.74, 6) is 0. The van der Waals surface area contributed by atoms with E-state index in [4.69, 9.17) is 0 Å². The Kier molecular flexibility index (Phi) is 14.0. The molecule has 0 radical (unpaired) electrons. The summed E-state index contributed by atoms with van der Waals surface area (Å²) in [6.07, 6.45) is 42.2. The minimum Gasteiger partial charge on any atom is -0.338 e. The van der Waals surface area contributed by atoms with Crippen molar-refractivity contribution in [3.63, 3.8) is 0 Å². The van der Waals surface area contributed by atoms with Crippen molar-refractivity contribution in [2.75, 3.05) is 19.6 Å². The zero-order valence-electron chi connectivity index (χ0n) is 44.5. The van der Waals surface area contributed by atoms with Crippen LogP contribution in [0, 0.1) is 0 Å². The highest BCUT2D eigenvalue weighted by atomic mass is 15.2. The Hall–Kier alpha value is -8.86. The van der Waals surface area contributed by atoms with Crippen molar-refractivity contribution in [1.82, 2.24) is 0 Å². The van der Waals surface area contributed by atoms with Crippen LogP contribution in [0.1, 0.15) is 76.2 Å². The van der Waals surface area contributed by atoms with Gasteiger partial charge < -0.3 is 19.6 Å². The lowest BCUT2D eigenvalue weighted by atomic mass is 9.81. The van der Waals surface area contributed by atoms with Gasteiger partial charge in [0.25, 0.3) is 0 Å². The topological polar surface area (TPSA) is 13.0 Å². The van der Waals surface area contributed by atoms with Crippen molar-refractivity contribution in [1.29, 1.82) is 0 Å². The summed E-state index contributed by atoms with van der Waals surface area (Å²) in [6.45, 7) is 0. The second-order valence-corrected chi connectivity index (χ2v) is 21.0. The standard InChI is InChI=1S/C74H66N4/c1-9-27-57(28-10-1)75(58-29-11-2-12-30-58)65-49-45-55(46-50-65)71-67-43-25-26-44-68(67)72(56-47-51-66(52-48-56)76(59-31-13-3-14-32-59)60-33-15-4-16-34-60)74-70(78(63-39-21-7-22-40-63)64-41-23-8-24-42-64)54-53-69(73(71)74)77(61-35-17-5-18-36-61)62-37-19-6-20-38-62/h1-5,7,9-17,19,21,23,25-35,37-38,41-45,47-49,51-54,63H,6,8,18,20,22,24,36,39-40,46,50H2. The molecule has 0 N–H and O–H groups in total. The minimum absolute atomic E-state index is 0.293. The van der Waals surface area contributed by atoms with Crippen LogP contribution >= 0.6 is 0 Å². The van der Waals surface area contributed by atoms with Gasteiger partial charge in [0.05, 0.1) is 11.4 Å². The van der Waals surface area contributed by atoms with Crippen molar-refractivity contribution in [2.24, 2.45) is 0 Å². The fourth-order valence-electron chi connectivity index (χ4n) is 12.7. The van der Waals surface area contributed by atoms with Gasteiger partial charge in [-0.25, -0.2) is 0 Å². The lowest BCUT2D eigenvalue weighted by Gasteiger charge is -2.39. The third-order valence-corrected chi connectivity index (χ3v) is 16.2. The van der Waals surface area contributed by atoms with E-state index in [0.29, 0.717) is 6.04 Å². The van der Waals surface area contributed by atoms with Gasteiger partial charge in [-0.3, -0.25) is 0 Å². The largest absolute Gasteiger partial charge is 0.338 e. The molecule has 13 rings (SSSR count). The summed E-state index contributed by atoms with van der Waals surface area (Å²) in [5, 5.41) is 5.14. The molecule has 0 saturated heterocycles. The Morgan fingerprint density at radius 1 is 0.359 bits per heavy atom. The van der Waals surface area contributed by atoms with Crippen LogP contribution in [-0.4, -0.2) is 6.04 Å². The third kappa shape index (κ3) is 9.58. The van der Waals surface area contributed by atoms with Crippen molar-refractivity contribution in [3.8, 4) is 11.1 Å². The first-order valence-electron chi connectivity index (χ1n) is 28.4. The predicted molar refractivity (Wildman–Crippen MR) is 333 cm³/mol. The van der Waals surface area contributed by atoms with Crippen LogP contribution in [-0.2, 0) is 0 Å². The molecule has 5 aliphatic rings. The maximum atomic E-state index is 2.76. The second kappa shape index (κ2) is 22.4. The Morgan fingerprint density at radius 2 is 0.910 bits per heavy atom. The van der Waals surface area contributed by atoms with E-state index < -0.39 is 0 Å². The fourth-order valence-corrected chi connectivity index (χ4v) is 12.7. The van der Waals surface area contributed by atoms with E-state index in [1.807, 2.05) is 0 Å². The Balaban J connectivity index is 1.13. The maximum absolute atomic E-state index is 2.76. The average Bonchev–Trinajstić information content (AvgIpc) is 3.68. The number of hydrogen-bond acceptors (Lipinski definition) is 4. The molecule has 8 aromatic carbocycles. The quantitative estimate of drug-likeness (QED) is 0.0795. The normalized spacial score (nSPS) is 17.0. The number of rotatable bonds is 14. The summed E-state index contributed by atoms with van der Waals surface area (Å²) >= 11 is 0. The number of para-hydroxylation sites is 4. The highest BCUT2D eigenvalue weighted by Crippen LogP contribution is 2.53. The third-order valence-electron chi connectivity index (χ3n) is 16.2. The molecule has 382 valence electrons. The second-order valence-electron chi connectivity index (χ2n) is 21.0. The van der Waals surface area contributed by atoms with Crippen molar-refractivity contribution < 1.29 is 0 Å². The van der Waals surface area contributed by atoms with Crippen LogP contribution in [0.5, 0.6) is 0 Å². The van der Waals surface area contributed by atoms with Gasteiger partial charge in [0.2, 0.25) is 0 Å². The smallest absolute Gasteiger partial charge is 0.0544 e. The highest BCUT2D eigenvalue weighted by Gasteiger charge is 2.32. The van der Waals surface area contributed by atoms with E-state index >= 15 is 0 Å². The molecule has 0 amide bonds. The molecule has 78 heavy (non-hydrogen) atoms. The molecule has 1 unspecified atom stereocenters. The molecule has 4 nitrogen and oxygen atoms in total. The first-order chi connectivity index (χ1) is 38.8. The van der Waals surface area contributed by atoms with Crippen LogP contribution in [0.2, 0.25) is 0 Å². The van der Waals surface area contributed by atoms with Gasteiger partial charge in [-0.1, -0.05) is 164 Å². The van der Waals surface area contributed by atoms with E-state index in [0.717, 1.165) is 87.7 Å². The first kappa shape index (κ1) is 48.8. The molecule has 4 heteroatoms. The van der Waals surface area contributed by atoms with E-state index in [-0.39, 0.29) is 0 Å². The summed E-state index contributed by atoms with van der Waals surface area (Å²) in [5.41, 5.74) is 18.5. The maximum Gasteiger partial charge on any atom is 0.0544 e. The molecular weight excluding hydrogens is 945 g/mol. The first-order valence-corrected chi connectivity index (χ1v) is 28.4. The molecule has 5 aliphatic carbocycles. The molecule has 1 atom stereocenters. The number of hydrogen-bond donors (Lipinski definition) is 0. The summed E-state index contributed by atoms with van der Waals surface area (Å²) < 4.78 is 0. The molecule has 0 aromatic heterocycles. The van der Waals surface area contributed by atoms with Crippen LogP contribution in [0.3, 0.4) is 0 Å². The van der Waals surface area contributed by atoms with Gasteiger partial charge in [0.15, 0.2) is 0 Å². The molecule has 0 saturated carbocycles. The van der Waals surface area contributed by atoms with Crippen molar-refractivity contribution in [2.45, 2.75) is 76.7 Å². The predicted octanol–water partition coefficient (Wildman–Crippen LogP) is 20.5. The highest BCUT2D eigenvalue weighted by molar-refractivity contribution is 6.26. The lowest BCUT2D eigenvalue weighted by Crippen LogP contribution is -2.35. The number of allylic oxidation sites excluding steroid dienone is 15. The van der Waals surface area contributed by atoms with E-state index in [9.17, 15) is 0 Å². The lowest BCUT2D eigenvalue weighted by molar-refractivity contribution is 0.579. The molecule has 0 fully saturated rings. The van der Waals surface area contributed by atoms with Gasteiger partial charge in [0, 0.05) is 68.0 Å². The number of anilines is 7. The van der Waals surface area contributed by atoms with E-state index in [2.05, 4.69) is 281 Å². The molecule has 0 heterocycles. The van der Waals surface area contributed by atoms with Crippen LogP contribution in [0.4, 0.5) is 39.8 Å². The molecule has 0 spiro atoms. The van der Waals surface area contributed by atoms with E-state index in [1.165, 1.54) is 89.3 Å². The van der Waals surface area contributed by atoms with Crippen LogP contribution in [0.25, 0.3) is 38.2 Å². The Labute approximate surface area is 461 Å². The fraction of sp³-hybridized carbons (Fsp3) is 0.162. The molecule has 8 aromatic rings. The van der Waals surface area contributed by atoms with Gasteiger partial charge >= 0.3 is 0 Å². The van der Waals surface area contributed by atoms with E-state index in [1.54, 1.807) is 0 Å². The molecule has 0 aliphatic heterocycles. The monoisotopic (exact) mass is 1010 g/mol. The van der Waals surface area contributed by atoms with Gasteiger partial charge in [-0.2, -0.15) is 0 Å². The van der Waals surface area contributed by atoms with Gasteiger partial charge in [-0.05, 0) is 201 Å². The van der Waals surface area contributed by atoms with Crippen LogP contribution in [0.15, 0.2) is 284 Å². The number of fused-ring (bicyclic) bond motifs is 2. The Morgan fingerprint density at radius 3 is 1.46 bits per heavy atom. The van der Waals surface area contributed by atoms with Gasteiger partial charge in [-0.15, -0.1) is 0 Å². The SMILES string of the molecule is C1=CCCC(N(C2=CCCC=C2)c2ccc(N(C3=CCCC=C3)C3CC=CCC3)c3c(-c4ccc(N(c5ccccc5)c5ccccc5)cc4)c4ccccc4c(C4=CC=C(N(c5ccccc5)c5ccccc5)CC4)c23)=C1. The molecule has 0 bridgehead atoms. The van der Waals surface area contributed by atoms with Gasteiger partial charge in [0.1, 0.15) is 0 Å². The van der Waals surface area contributed by atoms with Crippen molar-refractivity contribution >= 4 is 66.9 Å². The number of benzene rings is 8. The van der Waals surface area contributed by atoms with Crippen molar-refractivity contribution in [3.05, 3.63) is 289 Å². The summed E-state index contributed by atoms with van der Waals surface area (Å²) in [7, 11) is 0. The zero-order valence-corrected chi connectivity index (χ0v) is 44.5. The Bertz CT molecular complexity index is 3680. The minimum atomic E-state index is 0.293. The average molecular weight is 1010 g/mol. The number of nitrogens with zero attached hydrogens (tertiary/aromatic N) is 4.